The van der Waals surface area contributed by atoms with Gasteiger partial charge in [0.15, 0.2) is 0 Å². The molecule has 2 heterocycles. The molecule has 0 atom stereocenters. The molecule has 0 saturated carbocycles. The zero-order valence-electron chi connectivity index (χ0n) is 8.86. The second-order valence-electron chi connectivity index (χ2n) is 3.95. The smallest absolute Gasteiger partial charge is 0.145 e. The van der Waals surface area contributed by atoms with Crippen molar-refractivity contribution >= 4 is 16.4 Å². The second kappa shape index (κ2) is 2.83. The Hall–Kier alpha value is -1.83. The Balaban J connectivity index is 2.61. The highest BCUT2D eigenvalue weighted by molar-refractivity contribution is 5.95. The van der Waals surface area contributed by atoms with E-state index < -0.39 is 0 Å². The Morgan fingerprint density at radius 3 is 2.80 bits per heavy atom. The zero-order valence-corrected chi connectivity index (χ0v) is 8.86. The first-order valence-electron chi connectivity index (χ1n) is 5.10. The van der Waals surface area contributed by atoms with Gasteiger partial charge in [-0.25, -0.2) is 4.98 Å². The van der Waals surface area contributed by atoms with E-state index in [1.54, 1.807) is 0 Å². The first kappa shape index (κ1) is 8.48. The van der Waals surface area contributed by atoms with Crippen LogP contribution in [0.15, 0.2) is 36.5 Å². The van der Waals surface area contributed by atoms with Crippen LogP contribution >= 0.6 is 0 Å². The lowest BCUT2D eigenvalue weighted by Gasteiger charge is -2.01. The van der Waals surface area contributed by atoms with Crippen LogP contribution in [0, 0.1) is 13.8 Å². The van der Waals surface area contributed by atoms with Crippen molar-refractivity contribution in [3.05, 3.63) is 47.9 Å². The number of aryl methyl sites for hydroxylation is 2. The summed E-state index contributed by atoms with van der Waals surface area (Å²) in [4.78, 5) is 4.59. The molecule has 0 amide bonds. The van der Waals surface area contributed by atoms with Gasteiger partial charge in [-0.05, 0) is 19.9 Å². The summed E-state index contributed by atoms with van der Waals surface area (Å²) in [5, 5.41) is 2.48. The molecule has 3 aromatic rings. The third-order valence-electron chi connectivity index (χ3n) is 2.78. The molecule has 0 bridgehead atoms. The van der Waals surface area contributed by atoms with E-state index in [-0.39, 0.29) is 0 Å². The van der Waals surface area contributed by atoms with Crippen LogP contribution in [0.3, 0.4) is 0 Å². The first-order valence-corrected chi connectivity index (χ1v) is 5.10. The topological polar surface area (TPSA) is 17.3 Å². The molecule has 0 radical (unpaired) electrons. The van der Waals surface area contributed by atoms with E-state index in [0.717, 1.165) is 11.3 Å². The fourth-order valence-corrected chi connectivity index (χ4v) is 2.10. The van der Waals surface area contributed by atoms with Crippen LogP contribution in [-0.4, -0.2) is 9.38 Å². The average Bonchev–Trinajstić information content (AvgIpc) is 2.57. The highest BCUT2D eigenvalue weighted by Gasteiger charge is 2.05. The number of nitrogens with zero attached hydrogens (tertiary/aromatic N) is 2. The summed E-state index contributed by atoms with van der Waals surface area (Å²) >= 11 is 0. The van der Waals surface area contributed by atoms with Gasteiger partial charge in [-0.1, -0.05) is 24.3 Å². The lowest BCUT2D eigenvalue weighted by Crippen LogP contribution is -1.93. The van der Waals surface area contributed by atoms with E-state index in [1.807, 2.05) is 6.92 Å². The van der Waals surface area contributed by atoms with Crippen LogP contribution in [-0.2, 0) is 0 Å². The van der Waals surface area contributed by atoms with Crippen LogP contribution in [0.1, 0.15) is 11.4 Å². The average molecular weight is 196 g/mol. The van der Waals surface area contributed by atoms with Crippen molar-refractivity contribution in [3.63, 3.8) is 0 Å². The number of hydrogen-bond donors (Lipinski definition) is 0. The normalized spacial score (nSPS) is 11.3. The van der Waals surface area contributed by atoms with Crippen LogP contribution in [0.5, 0.6) is 0 Å². The minimum atomic E-state index is 1.06. The molecule has 0 saturated heterocycles. The van der Waals surface area contributed by atoms with Gasteiger partial charge < -0.3 is 4.40 Å². The van der Waals surface area contributed by atoms with E-state index in [9.17, 15) is 0 Å². The summed E-state index contributed by atoms with van der Waals surface area (Å²) in [5.74, 6) is 0. The predicted molar refractivity (Wildman–Crippen MR) is 62.2 cm³/mol. The minimum Gasteiger partial charge on any atom is -0.305 e. The standard InChI is InChI=1S/C13H12N2/c1-9-7-10(2)15-8-11-5-3-4-6-12(11)13(15)14-9/h3-8H,1-2H3. The largest absolute Gasteiger partial charge is 0.305 e. The summed E-state index contributed by atoms with van der Waals surface area (Å²) in [6.07, 6.45) is 2.15. The van der Waals surface area contributed by atoms with Gasteiger partial charge in [-0.3, -0.25) is 0 Å². The molecule has 15 heavy (non-hydrogen) atoms. The quantitative estimate of drug-likeness (QED) is 0.540. The van der Waals surface area contributed by atoms with E-state index in [0.29, 0.717) is 0 Å². The van der Waals surface area contributed by atoms with Crippen molar-refractivity contribution < 1.29 is 0 Å². The molecule has 0 spiro atoms. The maximum atomic E-state index is 4.59. The maximum absolute atomic E-state index is 4.59. The molecular formula is C13H12N2. The Morgan fingerprint density at radius 2 is 1.93 bits per heavy atom. The molecule has 0 N–H and O–H groups in total. The number of aromatic nitrogens is 2. The predicted octanol–water partition coefficient (Wildman–Crippen LogP) is 3.10. The van der Waals surface area contributed by atoms with Crippen molar-refractivity contribution in [1.82, 2.24) is 9.38 Å². The van der Waals surface area contributed by atoms with Crippen molar-refractivity contribution in [3.8, 4) is 0 Å². The monoisotopic (exact) mass is 196 g/mol. The van der Waals surface area contributed by atoms with E-state index in [1.165, 1.54) is 16.5 Å². The molecule has 2 heteroatoms. The Bertz CT molecular complexity index is 650. The van der Waals surface area contributed by atoms with E-state index >= 15 is 0 Å². The Morgan fingerprint density at radius 1 is 1.13 bits per heavy atom. The molecule has 0 fully saturated rings. The minimum absolute atomic E-state index is 1.06. The van der Waals surface area contributed by atoms with Crippen LogP contribution in [0.25, 0.3) is 16.4 Å². The molecule has 3 rings (SSSR count). The lowest BCUT2D eigenvalue weighted by atomic mass is 10.2. The number of benzene rings is 1. The van der Waals surface area contributed by atoms with E-state index in [4.69, 9.17) is 0 Å². The lowest BCUT2D eigenvalue weighted by molar-refractivity contribution is 1.03. The summed E-state index contributed by atoms with van der Waals surface area (Å²) in [5.41, 5.74) is 3.36. The van der Waals surface area contributed by atoms with Gasteiger partial charge in [0.2, 0.25) is 0 Å². The highest BCUT2D eigenvalue weighted by Crippen LogP contribution is 2.21. The van der Waals surface area contributed by atoms with Gasteiger partial charge in [0, 0.05) is 28.4 Å². The Labute approximate surface area is 88.2 Å². The molecule has 0 unspecified atom stereocenters. The van der Waals surface area contributed by atoms with Crippen molar-refractivity contribution in [2.45, 2.75) is 13.8 Å². The molecule has 2 nitrogen and oxygen atoms in total. The molecular weight excluding hydrogens is 184 g/mol. The number of fused-ring (bicyclic) bond motifs is 3. The number of rotatable bonds is 0. The molecule has 0 aliphatic carbocycles. The number of hydrogen-bond acceptors (Lipinski definition) is 1. The van der Waals surface area contributed by atoms with Crippen LogP contribution < -0.4 is 0 Å². The van der Waals surface area contributed by atoms with Gasteiger partial charge in [0.25, 0.3) is 0 Å². The molecule has 0 aliphatic heterocycles. The molecule has 0 aliphatic rings. The second-order valence-corrected chi connectivity index (χ2v) is 3.95. The van der Waals surface area contributed by atoms with Gasteiger partial charge in [-0.15, -0.1) is 0 Å². The van der Waals surface area contributed by atoms with Crippen LogP contribution in [0.2, 0.25) is 0 Å². The third kappa shape index (κ3) is 1.14. The van der Waals surface area contributed by atoms with Gasteiger partial charge in [0.05, 0.1) is 0 Å². The van der Waals surface area contributed by atoms with E-state index in [2.05, 4.69) is 52.8 Å². The molecule has 74 valence electrons. The van der Waals surface area contributed by atoms with Crippen molar-refractivity contribution in [1.29, 1.82) is 0 Å². The highest BCUT2D eigenvalue weighted by atomic mass is 15.0. The van der Waals surface area contributed by atoms with Gasteiger partial charge >= 0.3 is 0 Å². The summed E-state index contributed by atoms with van der Waals surface area (Å²) in [6, 6.07) is 10.5. The third-order valence-corrected chi connectivity index (χ3v) is 2.78. The SMILES string of the molecule is Cc1cc(C)n2cc3ccccc3c2n1. The van der Waals surface area contributed by atoms with Gasteiger partial charge in [0.1, 0.15) is 5.65 Å². The Kier molecular flexibility index (Phi) is 1.60. The fourth-order valence-electron chi connectivity index (χ4n) is 2.10. The fraction of sp³-hybridized carbons (Fsp3) is 0.154. The maximum Gasteiger partial charge on any atom is 0.145 e. The summed E-state index contributed by atoms with van der Waals surface area (Å²) in [7, 11) is 0. The first-order chi connectivity index (χ1) is 7.25. The zero-order chi connectivity index (χ0) is 10.4. The molecule has 2 aromatic heterocycles. The summed E-state index contributed by atoms with van der Waals surface area (Å²) in [6.45, 7) is 4.15. The molecule has 1 aromatic carbocycles. The summed E-state index contributed by atoms with van der Waals surface area (Å²) < 4.78 is 2.15. The van der Waals surface area contributed by atoms with Crippen LogP contribution in [0.4, 0.5) is 0 Å². The van der Waals surface area contributed by atoms with Crippen molar-refractivity contribution in [2.24, 2.45) is 0 Å². The van der Waals surface area contributed by atoms with Crippen molar-refractivity contribution in [2.75, 3.05) is 0 Å². The van der Waals surface area contributed by atoms with Gasteiger partial charge in [-0.2, -0.15) is 0 Å².